The highest BCUT2D eigenvalue weighted by molar-refractivity contribution is 5.91. The van der Waals surface area contributed by atoms with Gasteiger partial charge < -0.3 is 47.4 Å². The Bertz CT molecular complexity index is 3010. The molecule has 6 aromatic carbocycles. The molecule has 6 rings (SSSR count). The molecule has 6 aromatic rings. The number of hydrogen-bond donors (Lipinski definition) is 0. The van der Waals surface area contributed by atoms with Gasteiger partial charge in [0.05, 0.1) is 70.4 Å². The Morgan fingerprint density at radius 1 is 0.289 bits per heavy atom. The molecule has 0 aliphatic carbocycles. The van der Waals surface area contributed by atoms with Gasteiger partial charge in [-0.3, -0.25) is 4.79 Å². The van der Waals surface area contributed by atoms with Crippen LogP contribution in [0.2, 0.25) is 0 Å². The van der Waals surface area contributed by atoms with E-state index in [1.165, 1.54) is 23.3 Å². The van der Waals surface area contributed by atoms with Gasteiger partial charge in [-0.05, 0) is 241 Å². The van der Waals surface area contributed by atoms with Crippen LogP contribution >= 0.6 is 0 Å². The summed E-state index contributed by atoms with van der Waals surface area (Å²) in [5.74, 6) is 2.18. The van der Waals surface area contributed by atoms with Crippen molar-refractivity contribution in [3.63, 3.8) is 0 Å². The highest BCUT2D eigenvalue weighted by atomic mass is 16.6. The summed E-state index contributed by atoms with van der Waals surface area (Å²) in [6.45, 7) is 11.4. The number of aryl methyl sites for hydroxylation is 4. The number of carbonyl (C=O) groups excluding carboxylic acids is 5. The molecule has 0 atom stereocenters. The zero-order valence-corrected chi connectivity index (χ0v) is 52.3. The molecule has 0 fully saturated rings. The second-order valence-electron chi connectivity index (χ2n) is 21.8. The molecular formula is C75H90O15. The van der Waals surface area contributed by atoms with E-state index in [2.05, 4.69) is 37.4 Å². The van der Waals surface area contributed by atoms with Gasteiger partial charge in [0.15, 0.2) is 0 Å². The Hall–Kier alpha value is -8.69. The number of hydrogen-bond acceptors (Lipinski definition) is 15. The molecule has 0 N–H and O–H groups in total. The summed E-state index contributed by atoms with van der Waals surface area (Å²) in [6, 6.07) is 45.5. The molecule has 0 aliphatic rings. The molecule has 480 valence electrons. The van der Waals surface area contributed by atoms with Crippen molar-refractivity contribution < 1.29 is 71.3 Å². The average Bonchev–Trinajstić information content (AvgIpc) is 3.76. The molecule has 15 heteroatoms. The second kappa shape index (κ2) is 43.1. The van der Waals surface area contributed by atoms with E-state index in [1.807, 2.05) is 72.8 Å². The van der Waals surface area contributed by atoms with E-state index in [0.717, 1.165) is 151 Å². The Labute approximate surface area is 532 Å². The van der Waals surface area contributed by atoms with Crippen molar-refractivity contribution in [1.29, 1.82) is 0 Å². The van der Waals surface area contributed by atoms with Crippen molar-refractivity contribution in [2.75, 3.05) is 59.5 Å². The van der Waals surface area contributed by atoms with Gasteiger partial charge in [0.2, 0.25) is 0 Å². The first-order valence-electron chi connectivity index (χ1n) is 32.0. The lowest BCUT2D eigenvalue weighted by Gasteiger charge is -2.09. The lowest BCUT2D eigenvalue weighted by atomic mass is 10.0. The highest BCUT2D eigenvalue weighted by Crippen LogP contribution is 2.23. The van der Waals surface area contributed by atoms with E-state index >= 15 is 0 Å². The summed E-state index contributed by atoms with van der Waals surface area (Å²) in [4.78, 5) is 59.9. The van der Waals surface area contributed by atoms with Gasteiger partial charge in [0.25, 0.3) is 0 Å². The lowest BCUT2D eigenvalue weighted by Crippen LogP contribution is -2.10. The number of benzene rings is 6. The first kappa shape index (κ1) is 70.4. The van der Waals surface area contributed by atoms with Crippen LogP contribution in [0.4, 0.5) is 0 Å². The lowest BCUT2D eigenvalue weighted by molar-refractivity contribution is -0.145. The molecule has 0 unspecified atom stereocenters. The van der Waals surface area contributed by atoms with Crippen molar-refractivity contribution in [3.8, 4) is 34.5 Å². The van der Waals surface area contributed by atoms with Crippen LogP contribution in [0.1, 0.15) is 152 Å². The molecule has 90 heavy (non-hydrogen) atoms. The number of carbonyl (C=O) groups is 5. The van der Waals surface area contributed by atoms with Crippen LogP contribution in [0, 0.1) is 0 Å². The van der Waals surface area contributed by atoms with Crippen LogP contribution in [-0.4, -0.2) is 89.3 Å². The molecule has 0 saturated heterocycles. The molecule has 0 saturated carbocycles. The first-order chi connectivity index (χ1) is 44.1. The fraction of sp³-hybridized carbons (Fsp3) is 0.400. The summed E-state index contributed by atoms with van der Waals surface area (Å²) in [5.41, 5.74) is 5.60. The maximum atomic E-state index is 12.8. The fourth-order valence-corrected chi connectivity index (χ4v) is 9.31. The zero-order valence-electron chi connectivity index (χ0n) is 52.3. The molecule has 15 nitrogen and oxygen atoms in total. The molecule has 0 aliphatic heterocycles. The van der Waals surface area contributed by atoms with E-state index < -0.39 is 23.9 Å². The number of unbranched alkanes of at least 4 members (excludes halogenated alkanes) is 12. The van der Waals surface area contributed by atoms with E-state index in [4.69, 9.17) is 47.4 Å². The van der Waals surface area contributed by atoms with Gasteiger partial charge in [-0.1, -0.05) is 68.1 Å². The van der Waals surface area contributed by atoms with Crippen molar-refractivity contribution in [3.05, 3.63) is 204 Å². The van der Waals surface area contributed by atoms with E-state index in [9.17, 15) is 24.0 Å². The van der Waals surface area contributed by atoms with E-state index in [-0.39, 0.29) is 12.4 Å². The topological polar surface area (TPSA) is 178 Å². The highest BCUT2D eigenvalue weighted by Gasteiger charge is 2.12. The molecule has 0 heterocycles. The van der Waals surface area contributed by atoms with Gasteiger partial charge in [-0.25, -0.2) is 19.2 Å². The number of ether oxygens (including phenoxy) is 10. The number of rotatable bonds is 47. The summed E-state index contributed by atoms with van der Waals surface area (Å²) in [6.07, 6.45) is 20.8. The predicted octanol–water partition coefficient (Wildman–Crippen LogP) is 15.6. The van der Waals surface area contributed by atoms with Crippen LogP contribution in [0.3, 0.4) is 0 Å². The van der Waals surface area contributed by atoms with Crippen LogP contribution < -0.4 is 28.4 Å². The van der Waals surface area contributed by atoms with Crippen molar-refractivity contribution in [2.24, 2.45) is 0 Å². The summed E-state index contributed by atoms with van der Waals surface area (Å²) in [7, 11) is 0. The Morgan fingerprint density at radius 3 is 0.867 bits per heavy atom. The predicted molar refractivity (Wildman–Crippen MR) is 348 cm³/mol. The molecule has 0 amide bonds. The average molecular weight is 1230 g/mol. The SMILES string of the molecule is C=CC(=O)OCCCCCCOc1ccc(C(=O)Oc2ccc(CCc3ccc(OCCCCCCOCCC(=O)OCCCCCCOc4ccc(CCc5ccc(OC(=O)c6ccc(OCCCCCCOC(=O)C=C)cc6)cc5)cc4)cc3)cc2)cc1. The van der Waals surface area contributed by atoms with E-state index in [0.29, 0.717) is 93.6 Å². The summed E-state index contributed by atoms with van der Waals surface area (Å²) >= 11 is 0. The summed E-state index contributed by atoms with van der Waals surface area (Å²) < 4.78 is 55.9. The van der Waals surface area contributed by atoms with Gasteiger partial charge >= 0.3 is 29.8 Å². The quantitative estimate of drug-likeness (QED) is 0.0116. The minimum absolute atomic E-state index is 0.222. The first-order valence-corrected chi connectivity index (χ1v) is 32.0. The van der Waals surface area contributed by atoms with Crippen LogP contribution in [0.15, 0.2) is 171 Å². The van der Waals surface area contributed by atoms with Gasteiger partial charge in [-0.15, -0.1) is 0 Å². The second-order valence-corrected chi connectivity index (χ2v) is 21.8. The maximum Gasteiger partial charge on any atom is 0.343 e. The number of esters is 5. The van der Waals surface area contributed by atoms with Crippen LogP contribution in [0.5, 0.6) is 34.5 Å². The normalized spacial score (nSPS) is 10.8. The Morgan fingerprint density at radius 2 is 0.556 bits per heavy atom. The largest absolute Gasteiger partial charge is 0.494 e. The fourth-order valence-electron chi connectivity index (χ4n) is 9.31. The Kier molecular flexibility index (Phi) is 33.7. The third-order valence-corrected chi connectivity index (χ3v) is 14.6. The summed E-state index contributed by atoms with van der Waals surface area (Å²) in [5, 5.41) is 0. The Balaban J connectivity index is 0.683. The third-order valence-electron chi connectivity index (χ3n) is 14.6. The third kappa shape index (κ3) is 30.0. The molecule has 0 spiro atoms. The van der Waals surface area contributed by atoms with Crippen molar-refractivity contribution in [1.82, 2.24) is 0 Å². The van der Waals surface area contributed by atoms with Crippen LogP contribution in [0.25, 0.3) is 0 Å². The van der Waals surface area contributed by atoms with Crippen LogP contribution in [-0.2, 0) is 59.0 Å². The smallest absolute Gasteiger partial charge is 0.343 e. The monoisotopic (exact) mass is 1230 g/mol. The van der Waals surface area contributed by atoms with Gasteiger partial charge in [-0.2, -0.15) is 0 Å². The van der Waals surface area contributed by atoms with Crippen molar-refractivity contribution >= 4 is 29.8 Å². The zero-order chi connectivity index (χ0) is 63.5. The van der Waals surface area contributed by atoms with E-state index in [1.54, 1.807) is 48.5 Å². The molecule has 0 radical (unpaired) electrons. The standard InChI is InChI=1S/C75H90O15/c1-3-71(76)86-55-18-10-7-16-53-84-67-45-33-63(34-46-67)74(79)89-69-41-29-61(30-42-69)23-21-59-25-37-65(38-26-59)82-51-14-6-5-13-50-81-58-49-73(78)88-57-20-12-9-15-52-83-66-39-27-60(28-40-66)22-24-62-31-43-70(44-32-62)90-75(80)64-35-47-68(48-36-64)85-54-17-8-11-19-56-87-72(77)4-2/h3-4,25-48H,1-2,5-24,49-58H2. The van der Waals surface area contributed by atoms with Gasteiger partial charge in [0.1, 0.15) is 34.5 Å². The molecule has 0 aromatic heterocycles. The van der Waals surface area contributed by atoms with Gasteiger partial charge in [0, 0.05) is 18.8 Å². The van der Waals surface area contributed by atoms with Crippen molar-refractivity contribution in [2.45, 2.75) is 135 Å². The minimum atomic E-state index is -0.430. The minimum Gasteiger partial charge on any atom is -0.494 e. The molecular weight excluding hydrogens is 1140 g/mol. The molecule has 0 bridgehead atoms. The maximum absolute atomic E-state index is 12.8.